The number of carbonyl (C=O) groups excluding carboxylic acids is 1. The Hall–Kier alpha value is -0.570. The van der Waals surface area contributed by atoms with E-state index in [1.807, 2.05) is 6.92 Å². The summed E-state index contributed by atoms with van der Waals surface area (Å²) >= 11 is 0. The lowest BCUT2D eigenvalue weighted by Gasteiger charge is -2.28. The third-order valence-electron chi connectivity index (χ3n) is 2.86. The molecule has 0 aromatic rings. The number of ether oxygens (including phenoxy) is 2. The van der Waals surface area contributed by atoms with E-state index >= 15 is 0 Å². The van der Waals surface area contributed by atoms with E-state index in [9.17, 15) is 4.79 Å². The Kier molecular flexibility index (Phi) is 13.0. The molecule has 1 unspecified atom stereocenters. The first-order chi connectivity index (χ1) is 9.35. The maximum absolute atomic E-state index is 11.1. The molecule has 7 heteroatoms. The van der Waals surface area contributed by atoms with E-state index in [1.54, 1.807) is 7.11 Å². The van der Waals surface area contributed by atoms with Crippen molar-refractivity contribution in [1.82, 2.24) is 10.6 Å². The maximum atomic E-state index is 11.1. The molecule has 0 heterocycles. The van der Waals surface area contributed by atoms with Crippen molar-refractivity contribution in [2.75, 3.05) is 33.9 Å². The van der Waals surface area contributed by atoms with E-state index in [-0.39, 0.29) is 41.5 Å². The normalized spacial score (nSPS) is 13.1. The molecule has 0 rings (SSSR count). The molecule has 0 aromatic heterocycles. The summed E-state index contributed by atoms with van der Waals surface area (Å²) in [4.78, 5) is 15.5. The SMILES string of the molecule is CCNC(=NCC(OC)C(C)(C)C)NCCC(=O)OC.I. The lowest BCUT2D eigenvalue weighted by atomic mass is 9.89. The molecular weight excluding hydrogens is 385 g/mol. The molecule has 21 heavy (non-hydrogen) atoms. The van der Waals surface area contributed by atoms with Crippen LogP contribution in [0.2, 0.25) is 0 Å². The van der Waals surface area contributed by atoms with Crippen LogP contribution in [0, 0.1) is 5.41 Å². The van der Waals surface area contributed by atoms with Crippen LogP contribution >= 0.6 is 24.0 Å². The van der Waals surface area contributed by atoms with Crippen LogP contribution in [0.15, 0.2) is 4.99 Å². The smallest absolute Gasteiger partial charge is 0.307 e. The average molecular weight is 415 g/mol. The number of aliphatic imine (C=N–C) groups is 1. The number of rotatable bonds is 7. The summed E-state index contributed by atoms with van der Waals surface area (Å²) in [5.74, 6) is 0.445. The number of carbonyl (C=O) groups is 1. The first-order valence-electron chi connectivity index (χ1n) is 6.96. The van der Waals surface area contributed by atoms with Gasteiger partial charge in [0.15, 0.2) is 5.96 Å². The Balaban J connectivity index is 0. The fourth-order valence-corrected chi connectivity index (χ4v) is 1.60. The summed E-state index contributed by atoms with van der Waals surface area (Å²) in [5, 5.41) is 6.24. The minimum atomic E-state index is -0.238. The van der Waals surface area contributed by atoms with Gasteiger partial charge >= 0.3 is 5.97 Å². The number of hydrogen-bond acceptors (Lipinski definition) is 4. The molecule has 6 nitrogen and oxygen atoms in total. The van der Waals surface area contributed by atoms with Crippen molar-refractivity contribution in [2.45, 2.75) is 40.2 Å². The van der Waals surface area contributed by atoms with Gasteiger partial charge in [-0.1, -0.05) is 20.8 Å². The van der Waals surface area contributed by atoms with Gasteiger partial charge < -0.3 is 20.1 Å². The second-order valence-corrected chi connectivity index (χ2v) is 5.56. The predicted octanol–water partition coefficient (Wildman–Crippen LogP) is 1.78. The predicted molar refractivity (Wildman–Crippen MR) is 96.3 cm³/mol. The third kappa shape index (κ3) is 10.8. The van der Waals surface area contributed by atoms with Crippen molar-refractivity contribution in [3.8, 4) is 0 Å². The van der Waals surface area contributed by atoms with Crippen molar-refractivity contribution in [3.63, 3.8) is 0 Å². The topological polar surface area (TPSA) is 72.0 Å². The van der Waals surface area contributed by atoms with Gasteiger partial charge in [-0.2, -0.15) is 0 Å². The molecule has 1 atom stereocenters. The van der Waals surface area contributed by atoms with Crippen molar-refractivity contribution >= 4 is 35.9 Å². The van der Waals surface area contributed by atoms with Gasteiger partial charge in [-0.15, -0.1) is 24.0 Å². The number of halogens is 1. The van der Waals surface area contributed by atoms with Gasteiger partial charge in [0.05, 0.1) is 26.2 Å². The van der Waals surface area contributed by atoms with Crippen LogP contribution in [0.5, 0.6) is 0 Å². The minimum absolute atomic E-state index is 0. The molecule has 0 aromatic carbocycles. The van der Waals surface area contributed by atoms with Crippen LogP contribution in [0.1, 0.15) is 34.1 Å². The number of nitrogens with one attached hydrogen (secondary N) is 2. The van der Waals surface area contributed by atoms with E-state index in [0.717, 1.165) is 6.54 Å². The van der Waals surface area contributed by atoms with Gasteiger partial charge in [0.25, 0.3) is 0 Å². The number of nitrogens with zero attached hydrogens (tertiary/aromatic N) is 1. The summed E-state index contributed by atoms with van der Waals surface area (Å²) < 4.78 is 10.1. The summed E-state index contributed by atoms with van der Waals surface area (Å²) in [6.07, 6.45) is 0.354. The van der Waals surface area contributed by atoms with Gasteiger partial charge in [-0.3, -0.25) is 9.79 Å². The summed E-state index contributed by atoms with van der Waals surface area (Å²) in [7, 11) is 3.08. The summed E-state index contributed by atoms with van der Waals surface area (Å²) in [6, 6.07) is 0. The van der Waals surface area contributed by atoms with Crippen LogP contribution in [0.3, 0.4) is 0 Å². The Morgan fingerprint density at radius 2 is 1.86 bits per heavy atom. The molecule has 0 bridgehead atoms. The highest BCUT2D eigenvalue weighted by molar-refractivity contribution is 14.0. The van der Waals surface area contributed by atoms with Gasteiger partial charge in [0.1, 0.15) is 0 Å². The Labute approximate surface area is 145 Å². The Bertz CT molecular complexity index is 317. The van der Waals surface area contributed by atoms with Crippen LogP contribution < -0.4 is 10.6 Å². The zero-order valence-corrected chi connectivity index (χ0v) is 16.3. The molecular formula is C14H30IN3O3. The number of hydrogen-bond donors (Lipinski definition) is 2. The van der Waals surface area contributed by atoms with Crippen molar-refractivity contribution in [2.24, 2.45) is 10.4 Å². The monoisotopic (exact) mass is 415 g/mol. The van der Waals surface area contributed by atoms with Crippen LogP contribution in [-0.4, -0.2) is 51.9 Å². The van der Waals surface area contributed by atoms with Crippen molar-refractivity contribution < 1.29 is 14.3 Å². The van der Waals surface area contributed by atoms with E-state index < -0.39 is 0 Å². The van der Waals surface area contributed by atoms with E-state index in [2.05, 4.69) is 41.1 Å². The van der Waals surface area contributed by atoms with Crippen molar-refractivity contribution in [1.29, 1.82) is 0 Å². The summed E-state index contributed by atoms with van der Waals surface area (Å²) in [6.45, 7) is 10.2. The fourth-order valence-electron chi connectivity index (χ4n) is 1.60. The first-order valence-corrected chi connectivity index (χ1v) is 6.96. The molecule has 0 aliphatic rings. The lowest BCUT2D eigenvalue weighted by Crippen LogP contribution is -2.40. The lowest BCUT2D eigenvalue weighted by molar-refractivity contribution is -0.140. The largest absolute Gasteiger partial charge is 0.469 e. The van der Waals surface area contributed by atoms with E-state index in [4.69, 9.17) is 4.74 Å². The molecule has 0 aliphatic carbocycles. The Morgan fingerprint density at radius 1 is 1.24 bits per heavy atom. The van der Waals surface area contributed by atoms with Crippen LogP contribution in [0.25, 0.3) is 0 Å². The Morgan fingerprint density at radius 3 is 2.29 bits per heavy atom. The van der Waals surface area contributed by atoms with Gasteiger partial charge in [-0.25, -0.2) is 0 Å². The second-order valence-electron chi connectivity index (χ2n) is 5.56. The molecule has 0 spiro atoms. The van der Waals surface area contributed by atoms with E-state index in [1.165, 1.54) is 7.11 Å². The highest BCUT2D eigenvalue weighted by Gasteiger charge is 2.24. The second kappa shape index (κ2) is 12.0. The molecule has 0 amide bonds. The maximum Gasteiger partial charge on any atom is 0.307 e. The zero-order chi connectivity index (χ0) is 15.6. The van der Waals surface area contributed by atoms with Gasteiger partial charge in [-0.05, 0) is 12.3 Å². The molecule has 0 saturated heterocycles. The molecule has 0 saturated carbocycles. The molecule has 0 radical (unpaired) electrons. The highest BCUT2D eigenvalue weighted by Crippen LogP contribution is 2.21. The highest BCUT2D eigenvalue weighted by atomic mass is 127. The van der Waals surface area contributed by atoms with Crippen LogP contribution in [-0.2, 0) is 14.3 Å². The van der Waals surface area contributed by atoms with Gasteiger partial charge in [0.2, 0.25) is 0 Å². The molecule has 0 aliphatic heterocycles. The molecule has 0 fully saturated rings. The van der Waals surface area contributed by atoms with Crippen LogP contribution in [0.4, 0.5) is 0 Å². The fraction of sp³-hybridized carbons (Fsp3) is 0.857. The minimum Gasteiger partial charge on any atom is -0.469 e. The zero-order valence-electron chi connectivity index (χ0n) is 14.0. The number of methoxy groups -OCH3 is 2. The third-order valence-corrected chi connectivity index (χ3v) is 2.86. The number of esters is 1. The first kappa shape index (κ1) is 22.7. The molecule has 126 valence electrons. The van der Waals surface area contributed by atoms with Crippen molar-refractivity contribution in [3.05, 3.63) is 0 Å². The van der Waals surface area contributed by atoms with Gasteiger partial charge in [0, 0.05) is 20.2 Å². The number of guanidine groups is 1. The quantitative estimate of drug-likeness (QED) is 0.287. The average Bonchev–Trinajstić information content (AvgIpc) is 2.37. The molecule has 2 N–H and O–H groups in total. The van der Waals surface area contributed by atoms with E-state index in [0.29, 0.717) is 25.5 Å². The summed E-state index contributed by atoms with van der Waals surface area (Å²) in [5.41, 5.74) is 0.0294. The standard InChI is InChI=1S/C14H29N3O3.HI/c1-7-15-13(16-9-8-12(18)20-6)17-10-11(19-5)14(2,3)4;/h11H,7-10H2,1-6H3,(H2,15,16,17);1H.